The quantitative estimate of drug-likeness (QED) is 0.132. The summed E-state index contributed by atoms with van der Waals surface area (Å²) < 4.78 is 0. The highest BCUT2D eigenvalue weighted by Crippen LogP contribution is 2.57. The summed E-state index contributed by atoms with van der Waals surface area (Å²) in [5, 5.41) is 2.46. The Kier molecular flexibility index (Phi) is 10.8. The number of hydrogen-bond donors (Lipinski definition) is 0. The van der Waals surface area contributed by atoms with Gasteiger partial charge in [-0.1, -0.05) is 261 Å². The molecule has 1 nitrogen and oxygen atoms in total. The van der Waals surface area contributed by atoms with E-state index in [9.17, 15) is 0 Å². The van der Waals surface area contributed by atoms with Crippen molar-refractivity contribution >= 4 is 27.8 Å². The van der Waals surface area contributed by atoms with Gasteiger partial charge in [0, 0.05) is 17.1 Å². The smallest absolute Gasteiger partial charge is 0.0714 e. The van der Waals surface area contributed by atoms with Crippen LogP contribution in [-0.2, 0) is 5.41 Å². The number of benzene rings is 12. The van der Waals surface area contributed by atoms with E-state index in [4.69, 9.17) is 0 Å². The molecule has 13 rings (SSSR count). The number of fused-ring (bicyclic) bond motifs is 4. The Hall–Kier alpha value is -9.30. The first-order valence-electron chi connectivity index (χ1n) is 24.9. The summed E-state index contributed by atoms with van der Waals surface area (Å²) in [6.07, 6.45) is 0. The number of rotatable bonds is 10. The summed E-state index contributed by atoms with van der Waals surface area (Å²) >= 11 is 0. The lowest BCUT2D eigenvalue weighted by Crippen LogP contribution is -2.28. The molecule has 12 aromatic carbocycles. The monoisotopic (exact) mass is 915 g/mol. The summed E-state index contributed by atoms with van der Waals surface area (Å²) in [7, 11) is 0. The van der Waals surface area contributed by atoms with Gasteiger partial charge >= 0.3 is 0 Å². The van der Waals surface area contributed by atoms with E-state index in [1.54, 1.807) is 0 Å². The first-order valence-corrected chi connectivity index (χ1v) is 24.9. The molecule has 12 aromatic rings. The van der Waals surface area contributed by atoms with Crippen molar-refractivity contribution in [2.75, 3.05) is 4.90 Å². The molecule has 1 heteroatoms. The number of hydrogen-bond acceptors (Lipinski definition) is 1. The van der Waals surface area contributed by atoms with Crippen molar-refractivity contribution in [1.29, 1.82) is 0 Å². The highest BCUT2D eigenvalue weighted by Gasteiger charge is 2.46. The SMILES string of the molecule is c1ccc(-c2ccccc2-c2c(-c3ccccc3)cccc2-c2cccc(N(c3cccc(-c4cccc5ccccc45)c3)c3ccc4c(c3)C(c3ccccc3)(c3ccccc3)c3ccccc3-4)c2)cc1. The second-order valence-corrected chi connectivity index (χ2v) is 18.7. The van der Waals surface area contributed by atoms with Crippen molar-refractivity contribution in [3.63, 3.8) is 0 Å². The van der Waals surface area contributed by atoms with Gasteiger partial charge in [-0.3, -0.25) is 0 Å². The van der Waals surface area contributed by atoms with Crippen LogP contribution in [0, 0.1) is 0 Å². The van der Waals surface area contributed by atoms with E-state index in [2.05, 4.69) is 302 Å². The average Bonchev–Trinajstić information content (AvgIpc) is 3.76. The predicted molar refractivity (Wildman–Crippen MR) is 303 cm³/mol. The molecule has 0 unspecified atom stereocenters. The summed E-state index contributed by atoms with van der Waals surface area (Å²) in [6, 6.07) is 109. The van der Waals surface area contributed by atoms with Gasteiger partial charge < -0.3 is 4.90 Å². The summed E-state index contributed by atoms with van der Waals surface area (Å²) in [4.78, 5) is 2.47. The summed E-state index contributed by atoms with van der Waals surface area (Å²) in [5.41, 5.74) is 22.1. The first kappa shape index (κ1) is 42.8. The van der Waals surface area contributed by atoms with E-state index in [0.717, 1.165) is 28.2 Å². The Bertz CT molecular complexity index is 3870. The van der Waals surface area contributed by atoms with Crippen molar-refractivity contribution in [3.8, 4) is 66.8 Å². The largest absolute Gasteiger partial charge is 0.310 e. The molecular weight excluding hydrogens is 867 g/mol. The fourth-order valence-corrected chi connectivity index (χ4v) is 11.6. The van der Waals surface area contributed by atoms with Gasteiger partial charge in [0.05, 0.1) is 5.41 Å². The molecule has 1 aliphatic rings. The molecule has 0 amide bonds. The topological polar surface area (TPSA) is 3.24 Å². The Morgan fingerprint density at radius 1 is 0.236 bits per heavy atom. The zero-order valence-corrected chi connectivity index (χ0v) is 39.7. The van der Waals surface area contributed by atoms with Crippen molar-refractivity contribution in [2.45, 2.75) is 5.41 Å². The highest BCUT2D eigenvalue weighted by atomic mass is 15.1. The molecule has 1 aliphatic carbocycles. The zero-order chi connectivity index (χ0) is 47.8. The molecule has 0 aromatic heterocycles. The molecule has 0 saturated heterocycles. The molecule has 0 heterocycles. The Morgan fingerprint density at radius 2 is 0.653 bits per heavy atom. The fourth-order valence-electron chi connectivity index (χ4n) is 11.6. The predicted octanol–water partition coefficient (Wildman–Crippen LogP) is 19.0. The van der Waals surface area contributed by atoms with Gasteiger partial charge in [0.15, 0.2) is 0 Å². The maximum Gasteiger partial charge on any atom is 0.0714 e. The van der Waals surface area contributed by atoms with Crippen LogP contribution in [0.15, 0.2) is 297 Å². The second-order valence-electron chi connectivity index (χ2n) is 18.7. The van der Waals surface area contributed by atoms with Crippen molar-refractivity contribution in [2.24, 2.45) is 0 Å². The van der Waals surface area contributed by atoms with Gasteiger partial charge in [-0.25, -0.2) is 0 Å². The lowest BCUT2D eigenvalue weighted by Gasteiger charge is -2.35. The molecule has 0 fully saturated rings. The van der Waals surface area contributed by atoms with E-state index in [0.29, 0.717) is 0 Å². The average molecular weight is 916 g/mol. The minimum atomic E-state index is -0.554. The van der Waals surface area contributed by atoms with E-state index >= 15 is 0 Å². The van der Waals surface area contributed by atoms with Crippen molar-refractivity contribution < 1.29 is 0 Å². The molecule has 0 saturated carbocycles. The number of anilines is 3. The van der Waals surface area contributed by atoms with Crippen LogP contribution in [0.25, 0.3) is 77.5 Å². The Morgan fingerprint density at radius 3 is 1.32 bits per heavy atom. The molecular formula is C71H49N. The third kappa shape index (κ3) is 7.25. The van der Waals surface area contributed by atoms with Gasteiger partial charge in [0.25, 0.3) is 0 Å². The van der Waals surface area contributed by atoms with Gasteiger partial charge in [-0.15, -0.1) is 0 Å². The lowest BCUT2D eigenvalue weighted by atomic mass is 9.67. The molecule has 0 radical (unpaired) electrons. The van der Waals surface area contributed by atoms with Gasteiger partial charge in [-0.2, -0.15) is 0 Å². The highest BCUT2D eigenvalue weighted by molar-refractivity contribution is 6.01. The first-order chi connectivity index (χ1) is 35.7. The lowest BCUT2D eigenvalue weighted by molar-refractivity contribution is 0.768. The van der Waals surface area contributed by atoms with Crippen LogP contribution in [0.3, 0.4) is 0 Å². The maximum absolute atomic E-state index is 2.48. The van der Waals surface area contributed by atoms with E-state index < -0.39 is 5.41 Å². The van der Waals surface area contributed by atoms with Crippen LogP contribution >= 0.6 is 0 Å². The second kappa shape index (κ2) is 18.2. The van der Waals surface area contributed by atoms with Crippen LogP contribution in [0.4, 0.5) is 17.1 Å². The van der Waals surface area contributed by atoms with Crippen LogP contribution in [0.5, 0.6) is 0 Å². The van der Waals surface area contributed by atoms with Gasteiger partial charge in [0.2, 0.25) is 0 Å². The van der Waals surface area contributed by atoms with Crippen LogP contribution in [0.2, 0.25) is 0 Å². The standard InChI is InChI=1S/C71H49N/c1-5-23-50(24-6-1)61-38-15-16-40-67(61)70-63(52-25-7-2-8-26-52)42-22-43-64(70)54-30-20-36-58(48-54)72(57-35-19-29-53(47-57)62-41-21-28-51-27-13-14-37-60(51)62)59-45-46-66-65-39-17-18-44-68(65)71(69(66)49-59,55-31-9-3-10-32-55)56-33-11-4-12-34-56/h1-49H. The van der Waals surface area contributed by atoms with E-state index in [1.165, 1.54) is 88.7 Å². The van der Waals surface area contributed by atoms with Crippen LogP contribution in [-0.4, -0.2) is 0 Å². The minimum Gasteiger partial charge on any atom is -0.310 e. The van der Waals surface area contributed by atoms with Crippen LogP contribution < -0.4 is 4.90 Å². The maximum atomic E-state index is 2.48. The van der Waals surface area contributed by atoms with E-state index in [-0.39, 0.29) is 0 Å². The molecule has 72 heavy (non-hydrogen) atoms. The van der Waals surface area contributed by atoms with Crippen molar-refractivity contribution in [3.05, 3.63) is 320 Å². The van der Waals surface area contributed by atoms with Crippen molar-refractivity contribution in [1.82, 2.24) is 0 Å². The van der Waals surface area contributed by atoms with E-state index in [1.807, 2.05) is 0 Å². The molecule has 0 aliphatic heterocycles. The van der Waals surface area contributed by atoms with Gasteiger partial charge in [0.1, 0.15) is 0 Å². The Labute approximate surface area is 422 Å². The van der Waals surface area contributed by atoms with Gasteiger partial charge in [-0.05, 0) is 136 Å². The summed E-state index contributed by atoms with van der Waals surface area (Å²) in [6.45, 7) is 0. The van der Waals surface area contributed by atoms with Crippen LogP contribution in [0.1, 0.15) is 22.3 Å². The Balaban J connectivity index is 1.06. The number of nitrogens with zero attached hydrogens (tertiary/aromatic N) is 1. The zero-order valence-electron chi connectivity index (χ0n) is 39.7. The molecule has 0 spiro atoms. The third-order valence-corrected chi connectivity index (χ3v) is 14.8. The minimum absolute atomic E-state index is 0.554. The summed E-state index contributed by atoms with van der Waals surface area (Å²) in [5.74, 6) is 0. The molecule has 0 atom stereocenters. The molecule has 0 N–H and O–H groups in total. The molecule has 0 bridgehead atoms. The normalized spacial score (nSPS) is 12.3. The third-order valence-electron chi connectivity index (χ3n) is 14.8. The molecule has 338 valence electrons. The fraction of sp³-hybridized carbons (Fsp3) is 0.0141.